The molecule has 0 aliphatic rings. The molecule has 3 aromatic rings. The van der Waals surface area contributed by atoms with Crippen molar-refractivity contribution >= 4 is 28.9 Å². The number of benzene rings is 1. The molecule has 132 valence electrons. The number of nitrogen functional groups attached to an aromatic ring is 1. The van der Waals surface area contributed by atoms with E-state index >= 15 is 0 Å². The smallest absolute Gasteiger partial charge is 0.339 e. The molecular formula is C19H16N2O5. The molecule has 3 N–H and O–H groups in total. The lowest BCUT2D eigenvalue weighted by molar-refractivity contribution is 0.0601. The molecule has 0 aliphatic carbocycles. The van der Waals surface area contributed by atoms with Crippen LogP contribution in [0.15, 0.2) is 42.6 Å². The molecule has 3 rings (SSSR count). The van der Waals surface area contributed by atoms with Crippen molar-refractivity contribution in [3.63, 3.8) is 0 Å². The molecule has 2 heterocycles. The summed E-state index contributed by atoms with van der Waals surface area (Å²) in [6.45, 7) is 1.59. The lowest BCUT2D eigenvalue weighted by Crippen LogP contribution is -2.11. The van der Waals surface area contributed by atoms with E-state index in [2.05, 4.69) is 4.74 Å². The summed E-state index contributed by atoms with van der Waals surface area (Å²) >= 11 is 0. The molecule has 7 heteroatoms. The number of anilines is 1. The topological polar surface area (TPSA) is 111 Å². The van der Waals surface area contributed by atoms with Crippen LogP contribution >= 0.6 is 0 Å². The van der Waals surface area contributed by atoms with Gasteiger partial charge < -0.3 is 20.0 Å². The third kappa shape index (κ3) is 2.59. The van der Waals surface area contributed by atoms with Gasteiger partial charge in [-0.15, -0.1) is 0 Å². The summed E-state index contributed by atoms with van der Waals surface area (Å²) in [6, 6.07) is 9.34. The predicted molar refractivity (Wildman–Crippen MR) is 94.7 cm³/mol. The van der Waals surface area contributed by atoms with Gasteiger partial charge in [-0.3, -0.25) is 4.79 Å². The van der Waals surface area contributed by atoms with E-state index in [9.17, 15) is 19.5 Å². The number of ether oxygens (including phenoxy) is 1. The lowest BCUT2D eigenvalue weighted by Gasteiger charge is -2.08. The molecule has 26 heavy (non-hydrogen) atoms. The SMILES string of the molecule is COC(=O)c1cc(C(=O)c2c(C)c(C(=O)O)c3ccccn23)ccc1N. The van der Waals surface area contributed by atoms with Gasteiger partial charge in [-0.1, -0.05) is 6.07 Å². The second kappa shape index (κ2) is 6.36. The molecule has 0 spiro atoms. The zero-order valence-corrected chi connectivity index (χ0v) is 14.1. The molecule has 0 aliphatic heterocycles. The third-order valence-corrected chi connectivity index (χ3v) is 4.24. The molecule has 0 atom stereocenters. The summed E-state index contributed by atoms with van der Waals surface area (Å²) in [5, 5.41) is 9.51. The second-order valence-electron chi connectivity index (χ2n) is 5.73. The zero-order chi connectivity index (χ0) is 19.0. The van der Waals surface area contributed by atoms with Crippen LogP contribution < -0.4 is 5.73 Å². The number of rotatable bonds is 4. The van der Waals surface area contributed by atoms with Crippen LogP contribution in [0.1, 0.15) is 42.3 Å². The van der Waals surface area contributed by atoms with E-state index in [1.807, 2.05) is 0 Å². The van der Waals surface area contributed by atoms with E-state index < -0.39 is 17.7 Å². The van der Waals surface area contributed by atoms with Crippen LogP contribution in [0.3, 0.4) is 0 Å². The van der Waals surface area contributed by atoms with Crippen LogP contribution in [0.5, 0.6) is 0 Å². The summed E-state index contributed by atoms with van der Waals surface area (Å²) < 4.78 is 6.21. The highest BCUT2D eigenvalue weighted by atomic mass is 16.5. The number of methoxy groups -OCH3 is 1. The molecule has 0 saturated carbocycles. The molecule has 0 saturated heterocycles. The molecule has 0 unspecified atom stereocenters. The molecule has 0 amide bonds. The van der Waals surface area contributed by atoms with Crippen molar-refractivity contribution in [3.05, 3.63) is 70.5 Å². The first-order chi connectivity index (χ1) is 12.4. The van der Waals surface area contributed by atoms with E-state index in [0.717, 1.165) is 0 Å². The maximum atomic E-state index is 13.1. The fourth-order valence-corrected chi connectivity index (χ4v) is 3.00. The number of carboxylic acid groups (broad SMARTS) is 1. The predicted octanol–water partition coefficient (Wildman–Crippen LogP) is 2.55. The van der Waals surface area contributed by atoms with Crippen molar-refractivity contribution in [2.24, 2.45) is 0 Å². The Hall–Kier alpha value is -3.61. The Morgan fingerprint density at radius 2 is 1.88 bits per heavy atom. The van der Waals surface area contributed by atoms with Gasteiger partial charge in [0, 0.05) is 17.4 Å². The van der Waals surface area contributed by atoms with Gasteiger partial charge in [0.05, 0.1) is 29.4 Å². The van der Waals surface area contributed by atoms with Crippen LogP contribution in [0.25, 0.3) is 5.52 Å². The molecular weight excluding hydrogens is 336 g/mol. The fraction of sp³-hybridized carbons (Fsp3) is 0.105. The number of carboxylic acids is 1. The van der Waals surface area contributed by atoms with Gasteiger partial charge >= 0.3 is 11.9 Å². The number of pyridine rings is 1. The Bertz CT molecular complexity index is 1070. The van der Waals surface area contributed by atoms with E-state index in [4.69, 9.17) is 5.73 Å². The summed E-state index contributed by atoms with van der Waals surface area (Å²) in [5.41, 5.74) is 7.32. The van der Waals surface area contributed by atoms with Gasteiger partial charge in [-0.2, -0.15) is 0 Å². The zero-order valence-electron chi connectivity index (χ0n) is 14.1. The molecule has 7 nitrogen and oxygen atoms in total. The number of nitrogens with zero attached hydrogens (tertiary/aromatic N) is 1. The number of carbonyl (C=O) groups is 3. The minimum atomic E-state index is -1.11. The van der Waals surface area contributed by atoms with E-state index in [-0.39, 0.29) is 28.1 Å². The first-order valence-electron chi connectivity index (χ1n) is 7.72. The second-order valence-corrected chi connectivity index (χ2v) is 5.73. The van der Waals surface area contributed by atoms with Gasteiger partial charge in [0.2, 0.25) is 5.78 Å². The van der Waals surface area contributed by atoms with E-state index in [0.29, 0.717) is 11.1 Å². The van der Waals surface area contributed by atoms with Crippen molar-refractivity contribution in [1.82, 2.24) is 4.40 Å². The van der Waals surface area contributed by atoms with Gasteiger partial charge in [0.15, 0.2) is 0 Å². The number of hydrogen-bond donors (Lipinski definition) is 2. The fourth-order valence-electron chi connectivity index (χ4n) is 3.00. The highest BCUT2D eigenvalue weighted by molar-refractivity contribution is 6.13. The van der Waals surface area contributed by atoms with Crippen molar-refractivity contribution in [2.75, 3.05) is 12.8 Å². The van der Waals surface area contributed by atoms with Crippen LogP contribution in [-0.2, 0) is 4.74 Å². The monoisotopic (exact) mass is 352 g/mol. The van der Waals surface area contributed by atoms with Crippen LogP contribution in [0, 0.1) is 6.92 Å². The van der Waals surface area contributed by atoms with Gasteiger partial charge in [-0.25, -0.2) is 9.59 Å². The lowest BCUT2D eigenvalue weighted by atomic mass is 10.0. The number of ketones is 1. The Morgan fingerprint density at radius 1 is 1.15 bits per heavy atom. The number of aromatic nitrogens is 1. The largest absolute Gasteiger partial charge is 0.478 e. The average molecular weight is 352 g/mol. The normalized spacial score (nSPS) is 10.7. The van der Waals surface area contributed by atoms with Crippen LogP contribution in [0.4, 0.5) is 5.69 Å². The summed E-state index contributed by atoms with van der Waals surface area (Å²) in [6.07, 6.45) is 1.63. The molecule has 1 aromatic carbocycles. The van der Waals surface area contributed by atoms with Gasteiger partial charge in [0.25, 0.3) is 0 Å². The van der Waals surface area contributed by atoms with Crippen LogP contribution in [-0.4, -0.2) is 34.3 Å². The highest BCUT2D eigenvalue weighted by Gasteiger charge is 2.25. The maximum Gasteiger partial charge on any atom is 0.339 e. The quantitative estimate of drug-likeness (QED) is 0.424. The Balaban J connectivity index is 2.22. The minimum Gasteiger partial charge on any atom is -0.478 e. The summed E-state index contributed by atoms with van der Waals surface area (Å²) in [5.74, 6) is -2.18. The summed E-state index contributed by atoms with van der Waals surface area (Å²) in [7, 11) is 1.22. The Kier molecular flexibility index (Phi) is 4.21. The minimum absolute atomic E-state index is 0.0672. The molecule has 0 radical (unpaired) electrons. The highest BCUT2D eigenvalue weighted by Crippen LogP contribution is 2.26. The van der Waals surface area contributed by atoms with Crippen molar-refractivity contribution in [1.29, 1.82) is 0 Å². The first-order valence-corrected chi connectivity index (χ1v) is 7.72. The first kappa shape index (κ1) is 17.2. The number of nitrogens with two attached hydrogens (primary N) is 1. The third-order valence-electron chi connectivity index (χ3n) is 4.24. The standard InChI is InChI=1S/C19H16N2O5/c1-10-15(18(23)24)14-5-3-4-8-21(14)16(10)17(22)11-6-7-13(20)12(9-11)19(25)26-2/h3-9H,20H2,1-2H3,(H,23,24). The summed E-state index contributed by atoms with van der Waals surface area (Å²) in [4.78, 5) is 36.5. The number of hydrogen-bond acceptors (Lipinski definition) is 5. The average Bonchev–Trinajstić information content (AvgIpc) is 2.92. The van der Waals surface area contributed by atoms with E-state index in [1.54, 1.807) is 31.3 Å². The molecule has 0 fully saturated rings. The number of esters is 1. The van der Waals surface area contributed by atoms with Crippen LogP contribution in [0.2, 0.25) is 0 Å². The molecule has 2 aromatic heterocycles. The van der Waals surface area contributed by atoms with Crippen molar-refractivity contribution in [3.8, 4) is 0 Å². The van der Waals surface area contributed by atoms with Crippen molar-refractivity contribution in [2.45, 2.75) is 6.92 Å². The van der Waals surface area contributed by atoms with Gasteiger partial charge in [0.1, 0.15) is 0 Å². The molecule has 0 bridgehead atoms. The number of fused-ring (bicyclic) bond motifs is 1. The number of carbonyl (C=O) groups excluding carboxylic acids is 2. The Morgan fingerprint density at radius 3 is 2.54 bits per heavy atom. The Labute approximate surface area is 148 Å². The van der Waals surface area contributed by atoms with E-state index in [1.165, 1.54) is 29.7 Å². The number of aromatic carboxylic acids is 1. The van der Waals surface area contributed by atoms with Gasteiger partial charge in [-0.05, 0) is 42.8 Å². The maximum absolute atomic E-state index is 13.1. The van der Waals surface area contributed by atoms with Crippen molar-refractivity contribution < 1.29 is 24.2 Å².